The Labute approximate surface area is 132 Å². The van der Waals surface area contributed by atoms with Crippen LogP contribution in [0.4, 0.5) is 0 Å². The monoisotopic (exact) mass is 356 g/mol. The van der Waals surface area contributed by atoms with E-state index in [9.17, 15) is 0 Å². The summed E-state index contributed by atoms with van der Waals surface area (Å²) in [5.74, 6) is 2.38. The second kappa shape index (κ2) is 6.46. The van der Waals surface area contributed by atoms with Crippen molar-refractivity contribution in [3.8, 4) is 0 Å². The number of halogens is 2. The van der Waals surface area contributed by atoms with Gasteiger partial charge in [-0.2, -0.15) is 0 Å². The first kappa shape index (κ1) is 14.4. The van der Waals surface area contributed by atoms with Gasteiger partial charge in [-0.15, -0.1) is 11.6 Å². The summed E-state index contributed by atoms with van der Waals surface area (Å²) in [7, 11) is 0. The predicted molar refractivity (Wildman–Crippen MR) is 85.4 cm³/mol. The van der Waals surface area contributed by atoms with E-state index in [1.54, 1.807) is 0 Å². The molecule has 0 amide bonds. The SMILES string of the molecule is ClCCc1nc2cc(Br)ccc2n1CCC1CCOC1. The predicted octanol–water partition coefficient (Wildman–Crippen LogP) is 4.01. The Morgan fingerprint density at radius 1 is 1.45 bits per heavy atom. The molecule has 0 spiro atoms. The van der Waals surface area contributed by atoms with Gasteiger partial charge in [0.15, 0.2) is 0 Å². The van der Waals surface area contributed by atoms with Gasteiger partial charge in [-0.1, -0.05) is 15.9 Å². The Morgan fingerprint density at radius 3 is 3.10 bits per heavy atom. The zero-order valence-electron chi connectivity index (χ0n) is 11.3. The molecule has 1 aliphatic rings. The molecule has 0 saturated carbocycles. The molecule has 2 aromatic rings. The second-order valence-electron chi connectivity index (χ2n) is 5.27. The van der Waals surface area contributed by atoms with Gasteiger partial charge in [-0.05, 0) is 37.0 Å². The molecule has 2 heterocycles. The molecule has 1 unspecified atom stereocenters. The number of alkyl halides is 1. The van der Waals surface area contributed by atoms with Gasteiger partial charge in [-0.25, -0.2) is 4.98 Å². The number of hydrogen-bond donors (Lipinski definition) is 0. The summed E-state index contributed by atoms with van der Waals surface area (Å²) in [5, 5.41) is 0. The summed E-state index contributed by atoms with van der Waals surface area (Å²) in [4.78, 5) is 4.73. The van der Waals surface area contributed by atoms with E-state index in [1.165, 1.54) is 11.9 Å². The normalized spacial score (nSPS) is 19.0. The molecule has 1 atom stereocenters. The van der Waals surface area contributed by atoms with E-state index >= 15 is 0 Å². The maximum absolute atomic E-state index is 5.91. The summed E-state index contributed by atoms with van der Waals surface area (Å²) in [5.41, 5.74) is 2.24. The van der Waals surface area contributed by atoms with Crippen LogP contribution in [0.15, 0.2) is 22.7 Å². The lowest BCUT2D eigenvalue weighted by molar-refractivity contribution is 0.183. The molecule has 1 aromatic heterocycles. The van der Waals surface area contributed by atoms with Crippen molar-refractivity contribution in [2.45, 2.75) is 25.8 Å². The van der Waals surface area contributed by atoms with Crippen molar-refractivity contribution in [3.05, 3.63) is 28.5 Å². The van der Waals surface area contributed by atoms with Crippen molar-refractivity contribution in [2.24, 2.45) is 5.92 Å². The molecule has 0 aliphatic carbocycles. The number of benzene rings is 1. The summed E-state index contributed by atoms with van der Waals surface area (Å²) in [6.07, 6.45) is 3.15. The molecule has 0 radical (unpaired) electrons. The number of aromatic nitrogens is 2. The van der Waals surface area contributed by atoms with Gasteiger partial charge in [0.05, 0.1) is 11.0 Å². The molecule has 1 aromatic carbocycles. The fourth-order valence-corrected chi connectivity index (χ4v) is 3.32. The second-order valence-corrected chi connectivity index (χ2v) is 6.56. The maximum atomic E-state index is 5.91. The molecule has 1 fully saturated rings. The fourth-order valence-electron chi connectivity index (χ4n) is 2.80. The minimum absolute atomic E-state index is 0.608. The molecule has 5 heteroatoms. The third kappa shape index (κ3) is 3.02. The Morgan fingerprint density at radius 2 is 2.35 bits per heavy atom. The fraction of sp³-hybridized carbons (Fsp3) is 0.533. The quantitative estimate of drug-likeness (QED) is 0.756. The average Bonchev–Trinajstić information content (AvgIpc) is 3.04. The molecule has 1 saturated heterocycles. The van der Waals surface area contributed by atoms with Crippen molar-refractivity contribution in [3.63, 3.8) is 0 Å². The van der Waals surface area contributed by atoms with E-state index in [2.05, 4.69) is 38.7 Å². The zero-order valence-corrected chi connectivity index (χ0v) is 13.7. The van der Waals surface area contributed by atoms with E-state index in [-0.39, 0.29) is 0 Å². The minimum Gasteiger partial charge on any atom is -0.381 e. The van der Waals surface area contributed by atoms with Gasteiger partial charge in [0.1, 0.15) is 5.82 Å². The van der Waals surface area contributed by atoms with E-state index in [0.29, 0.717) is 11.8 Å². The molecule has 20 heavy (non-hydrogen) atoms. The molecule has 108 valence electrons. The van der Waals surface area contributed by atoms with Crippen LogP contribution in [0.1, 0.15) is 18.7 Å². The molecule has 1 aliphatic heterocycles. The van der Waals surface area contributed by atoms with Gasteiger partial charge < -0.3 is 9.30 Å². The first-order chi connectivity index (χ1) is 9.78. The van der Waals surface area contributed by atoms with Crippen LogP contribution in [-0.2, 0) is 17.7 Å². The van der Waals surface area contributed by atoms with Crippen LogP contribution < -0.4 is 0 Å². The highest BCUT2D eigenvalue weighted by atomic mass is 79.9. The molecular formula is C15H18BrClN2O. The number of ether oxygens (including phenoxy) is 1. The first-order valence-corrected chi connectivity index (χ1v) is 8.39. The lowest BCUT2D eigenvalue weighted by atomic mass is 10.1. The maximum Gasteiger partial charge on any atom is 0.111 e. The van der Waals surface area contributed by atoms with Gasteiger partial charge in [0, 0.05) is 36.5 Å². The molecule has 0 bridgehead atoms. The van der Waals surface area contributed by atoms with Gasteiger partial charge in [0.2, 0.25) is 0 Å². The Hall–Kier alpha value is -0.580. The molecule has 3 nitrogen and oxygen atoms in total. The summed E-state index contributed by atoms with van der Waals surface area (Å²) < 4.78 is 8.84. The number of imidazole rings is 1. The van der Waals surface area contributed by atoms with Gasteiger partial charge in [0.25, 0.3) is 0 Å². The van der Waals surface area contributed by atoms with Crippen molar-refractivity contribution >= 4 is 38.6 Å². The van der Waals surface area contributed by atoms with Gasteiger partial charge >= 0.3 is 0 Å². The van der Waals surface area contributed by atoms with Crippen LogP contribution in [-0.4, -0.2) is 28.6 Å². The van der Waals surface area contributed by atoms with E-state index in [1.807, 2.05) is 0 Å². The van der Waals surface area contributed by atoms with Gasteiger partial charge in [-0.3, -0.25) is 0 Å². The van der Waals surface area contributed by atoms with Crippen LogP contribution in [0.5, 0.6) is 0 Å². The minimum atomic E-state index is 0.608. The third-order valence-corrected chi connectivity index (χ3v) is 4.57. The molecule has 3 rings (SSSR count). The third-order valence-electron chi connectivity index (χ3n) is 3.89. The first-order valence-electron chi connectivity index (χ1n) is 7.06. The number of rotatable bonds is 5. The summed E-state index contributed by atoms with van der Waals surface area (Å²) in [6, 6.07) is 6.28. The highest BCUT2D eigenvalue weighted by Crippen LogP contribution is 2.24. The van der Waals surface area contributed by atoms with Crippen LogP contribution >= 0.6 is 27.5 Å². The van der Waals surface area contributed by atoms with E-state index < -0.39 is 0 Å². The largest absolute Gasteiger partial charge is 0.381 e. The van der Waals surface area contributed by atoms with Crippen LogP contribution in [0.25, 0.3) is 11.0 Å². The van der Waals surface area contributed by atoms with Crippen molar-refractivity contribution in [2.75, 3.05) is 19.1 Å². The Balaban J connectivity index is 1.87. The highest BCUT2D eigenvalue weighted by molar-refractivity contribution is 9.10. The lowest BCUT2D eigenvalue weighted by Crippen LogP contribution is -2.09. The van der Waals surface area contributed by atoms with E-state index in [0.717, 1.165) is 48.4 Å². The Kier molecular flexibility index (Phi) is 4.64. The molecular weight excluding hydrogens is 340 g/mol. The van der Waals surface area contributed by atoms with Crippen molar-refractivity contribution in [1.29, 1.82) is 0 Å². The van der Waals surface area contributed by atoms with Crippen LogP contribution in [0.2, 0.25) is 0 Å². The van der Waals surface area contributed by atoms with Crippen LogP contribution in [0, 0.1) is 5.92 Å². The number of nitrogens with zero attached hydrogens (tertiary/aromatic N) is 2. The molecule has 0 N–H and O–H groups in total. The van der Waals surface area contributed by atoms with E-state index in [4.69, 9.17) is 21.3 Å². The topological polar surface area (TPSA) is 27.1 Å². The summed E-state index contributed by atoms with van der Waals surface area (Å²) >= 11 is 9.42. The highest BCUT2D eigenvalue weighted by Gasteiger charge is 2.17. The summed E-state index contributed by atoms with van der Waals surface area (Å²) in [6.45, 7) is 2.82. The number of aryl methyl sites for hydroxylation is 2. The van der Waals surface area contributed by atoms with Crippen LogP contribution in [0.3, 0.4) is 0 Å². The average molecular weight is 358 g/mol. The number of fused-ring (bicyclic) bond motifs is 1. The zero-order chi connectivity index (χ0) is 13.9. The standard InChI is InChI=1S/C15H18BrClN2O/c16-12-1-2-14-13(9-12)18-15(3-6-17)19(14)7-4-11-5-8-20-10-11/h1-2,9,11H,3-8,10H2. The number of hydrogen-bond acceptors (Lipinski definition) is 2. The van der Waals surface area contributed by atoms with Crippen molar-refractivity contribution < 1.29 is 4.74 Å². The van der Waals surface area contributed by atoms with Crippen molar-refractivity contribution in [1.82, 2.24) is 9.55 Å². The smallest absolute Gasteiger partial charge is 0.111 e. The Bertz CT molecular complexity index is 593. The lowest BCUT2D eigenvalue weighted by Gasteiger charge is -2.11.